The summed E-state index contributed by atoms with van der Waals surface area (Å²) in [6.45, 7) is 0. The SMILES string of the molecule is N#Cc1ccc(-c2ccc(Cl)cc2)nc1SCCC(=O)Nc1ccc(F)cc1. The quantitative estimate of drug-likeness (QED) is 0.541. The number of carbonyl (C=O) groups is 1. The van der Waals surface area contributed by atoms with Crippen LogP contribution in [0.2, 0.25) is 5.02 Å². The Morgan fingerprint density at radius 2 is 1.82 bits per heavy atom. The predicted octanol–water partition coefficient (Wildman–Crippen LogP) is 5.53. The number of amides is 1. The largest absolute Gasteiger partial charge is 0.326 e. The predicted molar refractivity (Wildman–Crippen MR) is 110 cm³/mol. The second kappa shape index (κ2) is 9.36. The highest BCUT2D eigenvalue weighted by atomic mass is 35.5. The van der Waals surface area contributed by atoms with Gasteiger partial charge in [0.05, 0.1) is 11.3 Å². The standard InChI is InChI=1S/C21H15ClFN3OS/c22-16-4-1-14(2-5-16)19-10-3-15(13-24)21(26-19)28-12-11-20(27)25-18-8-6-17(23)7-9-18/h1-10H,11-12H2,(H,25,27). The summed E-state index contributed by atoms with van der Waals surface area (Å²) in [7, 11) is 0. The summed E-state index contributed by atoms with van der Waals surface area (Å²) < 4.78 is 12.9. The van der Waals surface area contributed by atoms with Gasteiger partial charge >= 0.3 is 0 Å². The first-order chi connectivity index (χ1) is 13.5. The zero-order chi connectivity index (χ0) is 19.9. The van der Waals surface area contributed by atoms with Crippen LogP contribution in [0.4, 0.5) is 10.1 Å². The number of pyridine rings is 1. The van der Waals surface area contributed by atoms with Gasteiger partial charge in [0.2, 0.25) is 5.91 Å². The minimum absolute atomic E-state index is 0.188. The van der Waals surface area contributed by atoms with Gasteiger partial charge in [-0.3, -0.25) is 4.79 Å². The number of nitrogens with one attached hydrogen (secondary N) is 1. The van der Waals surface area contributed by atoms with Crippen LogP contribution in [0.15, 0.2) is 65.7 Å². The third kappa shape index (κ3) is 5.32. The molecule has 0 fully saturated rings. The van der Waals surface area contributed by atoms with E-state index in [0.29, 0.717) is 27.1 Å². The minimum atomic E-state index is -0.357. The Bertz CT molecular complexity index is 1020. The molecule has 4 nitrogen and oxygen atoms in total. The molecule has 0 atom stereocenters. The Hall–Kier alpha value is -2.88. The first-order valence-corrected chi connectivity index (χ1v) is 9.77. The van der Waals surface area contributed by atoms with Crippen molar-refractivity contribution < 1.29 is 9.18 Å². The maximum absolute atomic E-state index is 12.9. The number of benzene rings is 2. The van der Waals surface area contributed by atoms with E-state index < -0.39 is 0 Å². The van der Waals surface area contributed by atoms with Crippen LogP contribution in [0.1, 0.15) is 12.0 Å². The van der Waals surface area contributed by atoms with Crippen molar-refractivity contribution in [2.24, 2.45) is 0 Å². The number of anilines is 1. The summed E-state index contributed by atoms with van der Waals surface area (Å²) in [4.78, 5) is 16.6. The van der Waals surface area contributed by atoms with Crippen molar-refractivity contribution in [2.75, 3.05) is 11.1 Å². The Morgan fingerprint density at radius 3 is 2.50 bits per heavy atom. The lowest BCUT2D eigenvalue weighted by molar-refractivity contribution is -0.115. The number of halogens is 2. The molecular formula is C21H15ClFN3OS. The van der Waals surface area contributed by atoms with Gasteiger partial charge in [-0.1, -0.05) is 23.7 Å². The van der Waals surface area contributed by atoms with Crippen LogP contribution < -0.4 is 5.32 Å². The molecule has 0 saturated heterocycles. The first kappa shape index (κ1) is 19.9. The summed E-state index contributed by atoms with van der Waals surface area (Å²) in [5, 5.41) is 13.2. The van der Waals surface area contributed by atoms with Crippen LogP contribution in [-0.4, -0.2) is 16.6 Å². The lowest BCUT2D eigenvalue weighted by Gasteiger charge is -2.08. The Morgan fingerprint density at radius 1 is 1.11 bits per heavy atom. The van der Waals surface area contributed by atoms with Gasteiger partial charge in [0.25, 0.3) is 0 Å². The highest BCUT2D eigenvalue weighted by Crippen LogP contribution is 2.26. The van der Waals surface area contributed by atoms with Gasteiger partial charge in [-0.05, 0) is 48.5 Å². The second-order valence-electron chi connectivity index (χ2n) is 5.82. The first-order valence-electron chi connectivity index (χ1n) is 8.40. The summed E-state index contributed by atoms with van der Waals surface area (Å²) in [6.07, 6.45) is 0.236. The molecule has 0 saturated carbocycles. The van der Waals surface area contributed by atoms with Crippen LogP contribution in [0.3, 0.4) is 0 Å². The Kier molecular flexibility index (Phi) is 6.64. The molecule has 1 N–H and O–H groups in total. The van der Waals surface area contributed by atoms with E-state index in [4.69, 9.17) is 11.6 Å². The van der Waals surface area contributed by atoms with Gasteiger partial charge in [0.15, 0.2) is 0 Å². The van der Waals surface area contributed by atoms with E-state index in [2.05, 4.69) is 16.4 Å². The lowest BCUT2D eigenvalue weighted by atomic mass is 10.1. The Balaban J connectivity index is 1.63. The molecule has 0 bridgehead atoms. The molecule has 28 heavy (non-hydrogen) atoms. The fourth-order valence-corrected chi connectivity index (χ4v) is 3.45. The molecule has 0 spiro atoms. The van der Waals surface area contributed by atoms with Gasteiger partial charge in [0, 0.05) is 28.4 Å². The minimum Gasteiger partial charge on any atom is -0.326 e. The molecule has 2 aromatic carbocycles. The van der Waals surface area contributed by atoms with Gasteiger partial charge in [-0.15, -0.1) is 11.8 Å². The molecule has 140 valence electrons. The van der Waals surface area contributed by atoms with Crippen molar-refractivity contribution in [3.8, 4) is 17.3 Å². The smallest absolute Gasteiger partial charge is 0.225 e. The van der Waals surface area contributed by atoms with E-state index in [-0.39, 0.29) is 18.1 Å². The lowest BCUT2D eigenvalue weighted by Crippen LogP contribution is -2.12. The average Bonchev–Trinajstić information content (AvgIpc) is 2.70. The topological polar surface area (TPSA) is 65.8 Å². The number of aromatic nitrogens is 1. The maximum Gasteiger partial charge on any atom is 0.225 e. The summed E-state index contributed by atoms with van der Waals surface area (Å²) in [5.74, 6) is -0.0885. The Labute approximate surface area is 171 Å². The molecule has 1 aromatic heterocycles. The molecular weight excluding hydrogens is 397 g/mol. The average molecular weight is 412 g/mol. The highest BCUT2D eigenvalue weighted by Gasteiger charge is 2.10. The highest BCUT2D eigenvalue weighted by molar-refractivity contribution is 7.99. The van der Waals surface area contributed by atoms with Crippen molar-refractivity contribution in [3.05, 3.63) is 77.1 Å². The second-order valence-corrected chi connectivity index (χ2v) is 7.34. The van der Waals surface area contributed by atoms with Gasteiger partial charge in [-0.2, -0.15) is 5.26 Å². The van der Waals surface area contributed by atoms with E-state index in [0.717, 1.165) is 11.3 Å². The number of thioether (sulfide) groups is 1. The molecule has 3 rings (SSSR count). The van der Waals surface area contributed by atoms with Crippen LogP contribution >= 0.6 is 23.4 Å². The maximum atomic E-state index is 12.9. The van der Waals surface area contributed by atoms with E-state index in [1.54, 1.807) is 24.3 Å². The summed E-state index contributed by atoms with van der Waals surface area (Å²) in [6, 6.07) is 18.5. The van der Waals surface area contributed by atoms with Crippen molar-refractivity contribution in [1.82, 2.24) is 4.98 Å². The molecule has 1 amide bonds. The van der Waals surface area contributed by atoms with Crippen LogP contribution in [0.5, 0.6) is 0 Å². The van der Waals surface area contributed by atoms with Gasteiger partial charge in [0.1, 0.15) is 16.9 Å². The van der Waals surface area contributed by atoms with Crippen LogP contribution in [0.25, 0.3) is 11.3 Å². The molecule has 0 unspecified atom stereocenters. The third-order valence-corrected chi connectivity index (χ3v) is 5.06. The number of hydrogen-bond donors (Lipinski definition) is 1. The number of nitrogens with zero attached hydrogens (tertiary/aromatic N) is 2. The molecule has 0 aliphatic carbocycles. The van der Waals surface area contributed by atoms with Crippen molar-refractivity contribution in [1.29, 1.82) is 5.26 Å². The monoisotopic (exact) mass is 411 g/mol. The van der Waals surface area contributed by atoms with Gasteiger partial charge in [-0.25, -0.2) is 9.37 Å². The molecule has 1 heterocycles. The van der Waals surface area contributed by atoms with E-state index in [1.165, 1.54) is 36.0 Å². The molecule has 0 aliphatic heterocycles. The van der Waals surface area contributed by atoms with E-state index in [1.807, 2.05) is 12.1 Å². The summed E-state index contributed by atoms with van der Waals surface area (Å²) >= 11 is 7.26. The number of nitriles is 1. The molecule has 0 aliphatic rings. The van der Waals surface area contributed by atoms with E-state index in [9.17, 15) is 14.4 Å². The third-order valence-electron chi connectivity index (χ3n) is 3.82. The van der Waals surface area contributed by atoms with Crippen molar-refractivity contribution >= 4 is 35.0 Å². The van der Waals surface area contributed by atoms with Crippen LogP contribution in [-0.2, 0) is 4.79 Å². The molecule has 0 radical (unpaired) electrons. The molecule has 7 heteroatoms. The summed E-state index contributed by atoms with van der Waals surface area (Å²) in [5.41, 5.74) is 2.62. The fourth-order valence-electron chi connectivity index (χ4n) is 2.41. The van der Waals surface area contributed by atoms with E-state index >= 15 is 0 Å². The molecule has 3 aromatic rings. The number of carbonyl (C=O) groups excluding carboxylic acids is 1. The van der Waals surface area contributed by atoms with Crippen LogP contribution in [0, 0.1) is 17.1 Å². The zero-order valence-electron chi connectivity index (χ0n) is 14.7. The van der Waals surface area contributed by atoms with Gasteiger partial charge < -0.3 is 5.32 Å². The number of hydrogen-bond acceptors (Lipinski definition) is 4. The van der Waals surface area contributed by atoms with Crippen molar-refractivity contribution in [2.45, 2.75) is 11.4 Å². The zero-order valence-corrected chi connectivity index (χ0v) is 16.2. The fraction of sp³-hybridized carbons (Fsp3) is 0.0952. The number of rotatable bonds is 6. The normalized spacial score (nSPS) is 10.3. The van der Waals surface area contributed by atoms with Crippen molar-refractivity contribution in [3.63, 3.8) is 0 Å².